The fourth-order valence-electron chi connectivity index (χ4n) is 2.05. The van der Waals surface area contributed by atoms with Gasteiger partial charge < -0.3 is 15.5 Å². The molecule has 2 rings (SSSR count). The Morgan fingerprint density at radius 2 is 2.37 bits per heavy atom. The van der Waals surface area contributed by atoms with Gasteiger partial charge in [0.25, 0.3) is 0 Å². The van der Waals surface area contributed by atoms with E-state index in [9.17, 15) is 4.79 Å². The number of hydrogen-bond acceptors (Lipinski definition) is 3. The van der Waals surface area contributed by atoms with Crippen LogP contribution in [0.3, 0.4) is 0 Å². The van der Waals surface area contributed by atoms with E-state index in [1.807, 2.05) is 4.90 Å². The van der Waals surface area contributed by atoms with Gasteiger partial charge in [0.2, 0.25) is 0 Å². The molecule has 0 saturated carbocycles. The van der Waals surface area contributed by atoms with Gasteiger partial charge in [0.1, 0.15) is 0 Å². The van der Waals surface area contributed by atoms with Crippen molar-refractivity contribution in [1.82, 2.24) is 10.2 Å². The maximum absolute atomic E-state index is 12.2. The van der Waals surface area contributed by atoms with E-state index >= 15 is 0 Å². The van der Waals surface area contributed by atoms with E-state index in [1.54, 1.807) is 24.3 Å². The number of urea groups is 1. The minimum absolute atomic E-state index is 0.0940. The SMILES string of the molecule is CCCN(C(=O)Nc1cccc(C#N)c1)C1CNC1. The summed E-state index contributed by atoms with van der Waals surface area (Å²) in [6, 6.07) is 9.21. The summed E-state index contributed by atoms with van der Waals surface area (Å²) < 4.78 is 0. The number of nitrogens with zero attached hydrogens (tertiary/aromatic N) is 2. The lowest BCUT2D eigenvalue weighted by molar-refractivity contribution is 0.161. The summed E-state index contributed by atoms with van der Waals surface area (Å²) in [4.78, 5) is 14.1. The maximum Gasteiger partial charge on any atom is 0.322 e. The van der Waals surface area contributed by atoms with Gasteiger partial charge in [-0.2, -0.15) is 5.26 Å². The molecular formula is C14H18N4O. The van der Waals surface area contributed by atoms with E-state index in [1.165, 1.54) is 0 Å². The number of amides is 2. The fraction of sp³-hybridized carbons (Fsp3) is 0.429. The second-order valence-electron chi connectivity index (χ2n) is 4.63. The average molecular weight is 258 g/mol. The monoisotopic (exact) mass is 258 g/mol. The molecule has 0 unspecified atom stereocenters. The number of hydrogen-bond donors (Lipinski definition) is 2. The van der Waals surface area contributed by atoms with Gasteiger partial charge in [0.15, 0.2) is 0 Å². The number of rotatable bonds is 4. The first-order valence-electron chi connectivity index (χ1n) is 6.53. The number of carbonyl (C=O) groups is 1. The standard InChI is InChI=1S/C14H18N4O/c1-2-6-18(13-9-16-10-13)14(19)17-12-5-3-4-11(7-12)8-15/h3-5,7,13,16H,2,6,9-10H2,1H3,(H,17,19). The van der Waals surface area contributed by atoms with Gasteiger partial charge in [-0.05, 0) is 24.6 Å². The highest BCUT2D eigenvalue weighted by molar-refractivity contribution is 5.89. The van der Waals surface area contributed by atoms with Crippen molar-refractivity contribution in [1.29, 1.82) is 5.26 Å². The third kappa shape index (κ3) is 3.24. The number of nitriles is 1. The molecule has 1 saturated heterocycles. The molecule has 2 amide bonds. The molecule has 1 heterocycles. The quantitative estimate of drug-likeness (QED) is 0.865. The molecular weight excluding hydrogens is 240 g/mol. The summed E-state index contributed by atoms with van der Waals surface area (Å²) >= 11 is 0. The first-order valence-corrected chi connectivity index (χ1v) is 6.53. The molecule has 0 radical (unpaired) electrons. The van der Waals surface area contributed by atoms with Crippen molar-refractivity contribution in [3.05, 3.63) is 29.8 Å². The number of nitrogens with one attached hydrogen (secondary N) is 2. The Bertz CT molecular complexity index is 490. The van der Waals surface area contributed by atoms with Crippen molar-refractivity contribution in [2.45, 2.75) is 19.4 Å². The van der Waals surface area contributed by atoms with Gasteiger partial charge in [-0.15, -0.1) is 0 Å². The van der Waals surface area contributed by atoms with Crippen molar-refractivity contribution in [3.8, 4) is 6.07 Å². The smallest absolute Gasteiger partial charge is 0.319 e. The summed E-state index contributed by atoms with van der Waals surface area (Å²) in [6.07, 6.45) is 0.933. The van der Waals surface area contributed by atoms with Crippen molar-refractivity contribution >= 4 is 11.7 Å². The highest BCUT2D eigenvalue weighted by atomic mass is 16.2. The van der Waals surface area contributed by atoms with Crippen molar-refractivity contribution in [2.75, 3.05) is 25.0 Å². The summed E-state index contributed by atoms with van der Waals surface area (Å²) in [5.41, 5.74) is 1.21. The van der Waals surface area contributed by atoms with Gasteiger partial charge in [0.05, 0.1) is 17.7 Å². The van der Waals surface area contributed by atoms with Crippen LogP contribution in [-0.2, 0) is 0 Å². The van der Waals surface area contributed by atoms with E-state index in [-0.39, 0.29) is 12.1 Å². The average Bonchev–Trinajstić information content (AvgIpc) is 2.36. The molecule has 1 fully saturated rings. The molecule has 0 aromatic heterocycles. The Morgan fingerprint density at radius 1 is 1.58 bits per heavy atom. The summed E-state index contributed by atoms with van der Waals surface area (Å²) in [6.45, 7) is 4.51. The number of anilines is 1. The van der Waals surface area contributed by atoms with Crippen molar-refractivity contribution < 1.29 is 4.79 Å². The largest absolute Gasteiger partial charge is 0.322 e. The van der Waals surface area contributed by atoms with Gasteiger partial charge in [-0.25, -0.2) is 4.79 Å². The normalized spacial score (nSPS) is 14.3. The lowest BCUT2D eigenvalue weighted by Gasteiger charge is -2.38. The van der Waals surface area contributed by atoms with Crippen LogP contribution in [-0.4, -0.2) is 36.6 Å². The highest BCUT2D eigenvalue weighted by Crippen LogP contribution is 2.13. The van der Waals surface area contributed by atoms with Crippen molar-refractivity contribution in [2.24, 2.45) is 0 Å². The Labute approximate surface area is 113 Å². The molecule has 0 aliphatic carbocycles. The van der Waals surface area contributed by atoms with E-state index in [2.05, 4.69) is 23.6 Å². The minimum Gasteiger partial charge on any atom is -0.319 e. The summed E-state index contributed by atoms with van der Waals surface area (Å²) in [7, 11) is 0. The number of benzene rings is 1. The molecule has 5 nitrogen and oxygen atoms in total. The third-order valence-corrected chi connectivity index (χ3v) is 3.17. The second-order valence-corrected chi connectivity index (χ2v) is 4.63. The zero-order valence-corrected chi connectivity index (χ0v) is 11.0. The lowest BCUT2D eigenvalue weighted by Crippen LogP contribution is -2.59. The molecule has 0 bridgehead atoms. The minimum atomic E-state index is -0.0940. The molecule has 2 N–H and O–H groups in total. The highest BCUT2D eigenvalue weighted by Gasteiger charge is 2.27. The Kier molecular flexibility index (Phi) is 4.37. The van der Waals surface area contributed by atoms with Crippen LogP contribution in [0.25, 0.3) is 0 Å². The first kappa shape index (κ1) is 13.4. The van der Waals surface area contributed by atoms with Gasteiger partial charge in [0, 0.05) is 25.3 Å². The van der Waals surface area contributed by atoms with Crippen LogP contribution in [0.15, 0.2) is 24.3 Å². The van der Waals surface area contributed by atoms with Gasteiger partial charge >= 0.3 is 6.03 Å². The van der Waals surface area contributed by atoms with Crippen LogP contribution in [0.4, 0.5) is 10.5 Å². The molecule has 1 aromatic carbocycles. The van der Waals surface area contributed by atoms with Crippen LogP contribution in [0, 0.1) is 11.3 Å². The Morgan fingerprint density at radius 3 is 2.95 bits per heavy atom. The first-order chi connectivity index (χ1) is 9.24. The maximum atomic E-state index is 12.2. The van der Waals surface area contributed by atoms with Crippen LogP contribution in [0.2, 0.25) is 0 Å². The van der Waals surface area contributed by atoms with Gasteiger partial charge in [-0.3, -0.25) is 0 Å². The molecule has 1 aliphatic heterocycles. The van der Waals surface area contributed by atoms with Crippen LogP contribution in [0.1, 0.15) is 18.9 Å². The number of carbonyl (C=O) groups excluding carboxylic acids is 1. The molecule has 100 valence electrons. The van der Waals surface area contributed by atoms with Crippen LogP contribution >= 0.6 is 0 Å². The molecule has 0 atom stereocenters. The summed E-state index contributed by atoms with van der Waals surface area (Å²) in [5, 5.41) is 14.9. The predicted molar refractivity (Wildman–Crippen MR) is 73.8 cm³/mol. The lowest BCUT2D eigenvalue weighted by atomic mass is 10.1. The van der Waals surface area contributed by atoms with E-state index in [0.717, 1.165) is 26.1 Å². The third-order valence-electron chi connectivity index (χ3n) is 3.17. The fourth-order valence-corrected chi connectivity index (χ4v) is 2.05. The zero-order chi connectivity index (χ0) is 13.7. The van der Waals surface area contributed by atoms with Crippen molar-refractivity contribution in [3.63, 3.8) is 0 Å². The molecule has 5 heteroatoms. The van der Waals surface area contributed by atoms with Crippen LogP contribution < -0.4 is 10.6 Å². The van der Waals surface area contributed by atoms with E-state index in [0.29, 0.717) is 11.3 Å². The molecule has 1 aliphatic rings. The topological polar surface area (TPSA) is 68.2 Å². The predicted octanol–water partition coefficient (Wildman–Crippen LogP) is 1.77. The summed E-state index contributed by atoms with van der Waals surface area (Å²) in [5.74, 6) is 0. The Hall–Kier alpha value is -2.06. The molecule has 19 heavy (non-hydrogen) atoms. The Balaban J connectivity index is 2.03. The van der Waals surface area contributed by atoms with E-state index < -0.39 is 0 Å². The van der Waals surface area contributed by atoms with Gasteiger partial charge in [-0.1, -0.05) is 13.0 Å². The van der Waals surface area contributed by atoms with Crippen LogP contribution in [0.5, 0.6) is 0 Å². The molecule has 1 aromatic rings. The van der Waals surface area contributed by atoms with E-state index in [4.69, 9.17) is 5.26 Å². The zero-order valence-electron chi connectivity index (χ0n) is 11.0. The molecule has 0 spiro atoms. The second kappa shape index (κ2) is 6.21.